The van der Waals surface area contributed by atoms with Crippen LogP contribution in [0.3, 0.4) is 0 Å². The summed E-state index contributed by atoms with van der Waals surface area (Å²) in [5.41, 5.74) is 0. The topological polar surface area (TPSA) is 29.1 Å². The first-order valence-electron chi connectivity index (χ1n) is 5.19. The molecule has 0 aromatic rings. The van der Waals surface area contributed by atoms with Crippen LogP contribution in [0, 0.1) is 0 Å². The van der Waals surface area contributed by atoms with E-state index >= 15 is 0 Å². The molecule has 1 N–H and O–H groups in total. The normalized spacial score (nSPS) is 22.6. The van der Waals surface area contributed by atoms with Gasteiger partial charge in [0.1, 0.15) is 5.78 Å². The Morgan fingerprint density at radius 1 is 1.54 bits per heavy atom. The number of hydrogen-bond donors (Lipinski definition) is 1. The van der Waals surface area contributed by atoms with Gasteiger partial charge in [0.05, 0.1) is 0 Å². The van der Waals surface area contributed by atoms with Gasteiger partial charge >= 0.3 is 0 Å². The Bertz CT molecular complexity index is 171. The molecule has 1 aliphatic heterocycles. The van der Waals surface area contributed by atoms with Crippen molar-refractivity contribution < 1.29 is 4.79 Å². The van der Waals surface area contributed by atoms with Crippen molar-refractivity contribution in [1.29, 1.82) is 0 Å². The van der Waals surface area contributed by atoms with Crippen molar-refractivity contribution in [3.8, 4) is 0 Å². The van der Waals surface area contributed by atoms with Gasteiger partial charge in [-0.15, -0.1) is 6.58 Å². The lowest BCUT2D eigenvalue weighted by molar-refractivity contribution is -0.118. The van der Waals surface area contributed by atoms with Crippen LogP contribution in [0.5, 0.6) is 0 Å². The zero-order valence-corrected chi connectivity index (χ0v) is 8.22. The Labute approximate surface area is 80.4 Å². The van der Waals surface area contributed by atoms with Gasteiger partial charge in [-0.05, 0) is 25.8 Å². The van der Waals surface area contributed by atoms with Crippen LogP contribution in [-0.2, 0) is 4.79 Å². The molecule has 1 unspecified atom stereocenters. The van der Waals surface area contributed by atoms with Gasteiger partial charge in [0.15, 0.2) is 0 Å². The van der Waals surface area contributed by atoms with Crippen molar-refractivity contribution in [3.63, 3.8) is 0 Å². The highest BCUT2D eigenvalue weighted by atomic mass is 16.1. The third-order valence-electron chi connectivity index (χ3n) is 2.56. The number of Topliss-reactive ketones (excluding diaryl/α,β-unsaturated/α-hetero) is 1. The van der Waals surface area contributed by atoms with Crippen LogP contribution < -0.4 is 5.32 Å². The summed E-state index contributed by atoms with van der Waals surface area (Å²) in [6, 6.07) is 0.586. The molecular weight excluding hydrogens is 162 g/mol. The van der Waals surface area contributed by atoms with Crippen LogP contribution >= 0.6 is 0 Å². The molecule has 1 fully saturated rings. The second-order valence-corrected chi connectivity index (χ2v) is 3.72. The van der Waals surface area contributed by atoms with Crippen LogP contribution in [0.1, 0.15) is 38.5 Å². The Hall–Kier alpha value is -0.630. The SMILES string of the molecule is C=CCC(=O)CCC1CCCCN1. The van der Waals surface area contributed by atoms with Gasteiger partial charge in [-0.3, -0.25) is 4.79 Å². The summed E-state index contributed by atoms with van der Waals surface area (Å²) >= 11 is 0. The fourth-order valence-electron chi connectivity index (χ4n) is 1.77. The first-order valence-corrected chi connectivity index (χ1v) is 5.19. The van der Waals surface area contributed by atoms with E-state index in [1.54, 1.807) is 6.08 Å². The van der Waals surface area contributed by atoms with E-state index in [4.69, 9.17) is 0 Å². The third-order valence-corrected chi connectivity index (χ3v) is 2.56. The molecule has 1 saturated heterocycles. The maximum atomic E-state index is 11.2. The molecule has 1 atom stereocenters. The fraction of sp³-hybridized carbons (Fsp3) is 0.727. The minimum Gasteiger partial charge on any atom is -0.314 e. The minimum atomic E-state index is 0.322. The van der Waals surface area contributed by atoms with E-state index in [1.165, 1.54) is 19.3 Å². The maximum Gasteiger partial charge on any atom is 0.136 e. The number of rotatable bonds is 5. The Balaban J connectivity index is 2.09. The molecule has 0 spiro atoms. The molecule has 0 bridgehead atoms. The van der Waals surface area contributed by atoms with Gasteiger partial charge in [0.2, 0.25) is 0 Å². The van der Waals surface area contributed by atoms with Crippen molar-refractivity contribution in [1.82, 2.24) is 5.32 Å². The molecule has 0 aromatic heterocycles. The van der Waals surface area contributed by atoms with E-state index in [0.717, 1.165) is 13.0 Å². The average Bonchev–Trinajstić information content (AvgIpc) is 2.17. The lowest BCUT2D eigenvalue weighted by Gasteiger charge is -2.22. The van der Waals surface area contributed by atoms with Gasteiger partial charge in [-0.25, -0.2) is 0 Å². The lowest BCUT2D eigenvalue weighted by atomic mass is 9.99. The van der Waals surface area contributed by atoms with E-state index in [-0.39, 0.29) is 0 Å². The lowest BCUT2D eigenvalue weighted by Crippen LogP contribution is -2.34. The summed E-state index contributed by atoms with van der Waals surface area (Å²) in [6.07, 6.45) is 7.78. The predicted molar refractivity (Wildman–Crippen MR) is 54.7 cm³/mol. The monoisotopic (exact) mass is 181 g/mol. The van der Waals surface area contributed by atoms with Gasteiger partial charge < -0.3 is 5.32 Å². The van der Waals surface area contributed by atoms with Crippen LogP contribution in [0.2, 0.25) is 0 Å². The van der Waals surface area contributed by atoms with Crippen LogP contribution in [0.15, 0.2) is 12.7 Å². The summed E-state index contributed by atoms with van der Waals surface area (Å²) in [7, 11) is 0. The van der Waals surface area contributed by atoms with Gasteiger partial charge in [0, 0.05) is 18.9 Å². The molecule has 2 heteroatoms. The molecule has 13 heavy (non-hydrogen) atoms. The first-order chi connectivity index (χ1) is 6.33. The summed E-state index contributed by atoms with van der Waals surface area (Å²) in [5, 5.41) is 3.44. The molecule has 0 amide bonds. The van der Waals surface area contributed by atoms with Gasteiger partial charge in [-0.2, -0.15) is 0 Å². The Morgan fingerprint density at radius 3 is 3.00 bits per heavy atom. The minimum absolute atomic E-state index is 0.322. The summed E-state index contributed by atoms with van der Waals surface area (Å²) in [5.74, 6) is 0.322. The second kappa shape index (κ2) is 5.92. The van der Waals surface area contributed by atoms with Crippen molar-refractivity contribution in [2.24, 2.45) is 0 Å². The van der Waals surface area contributed by atoms with Crippen LogP contribution in [-0.4, -0.2) is 18.4 Å². The van der Waals surface area contributed by atoms with Crippen molar-refractivity contribution in [2.75, 3.05) is 6.54 Å². The molecule has 1 rings (SSSR count). The maximum absolute atomic E-state index is 11.2. The zero-order chi connectivity index (χ0) is 9.52. The molecule has 74 valence electrons. The number of hydrogen-bond acceptors (Lipinski definition) is 2. The quantitative estimate of drug-likeness (QED) is 0.658. The number of carbonyl (C=O) groups is 1. The average molecular weight is 181 g/mol. The van der Waals surface area contributed by atoms with E-state index in [0.29, 0.717) is 24.7 Å². The number of allylic oxidation sites excluding steroid dienone is 1. The second-order valence-electron chi connectivity index (χ2n) is 3.72. The Morgan fingerprint density at radius 2 is 2.38 bits per heavy atom. The highest BCUT2D eigenvalue weighted by Crippen LogP contribution is 2.12. The van der Waals surface area contributed by atoms with E-state index in [9.17, 15) is 4.79 Å². The summed E-state index contributed by atoms with van der Waals surface area (Å²) in [6.45, 7) is 4.68. The molecule has 0 saturated carbocycles. The summed E-state index contributed by atoms with van der Waals surface area (Å²) < 4.78 is 0. The largest absolute Gasteiger partial charge is 0.314 e. The number of carbonyl (C=O) groups excluding carboxylic acids is 1. The number of ketones is 1. The molecule has 1 aliphatic rings. The predicted octanol–water partition coefficient (Wildman–Crippen LogP) is 2.05. The van der Waals surface area contributed by atoms with E-state index in [2.05, 4.69) is 11.9 Å². The molecular formula is C11H19NO. The standard InChI is InChI=1S/C11H19NO/c1-2-5-11(13)8-7-10-6-3-4-9-12-10/h2,10,12H,1,3-9H2. The smallest absolute Gasteiger partial charge is 0.136 e. The molecule has 0 radical (unpaired) electrons. The fourth-order valence-corrected chi connectivity index (χ4v) is 1.77. The highest BCUT2D eigenvalue weighted by Gasteiger charge is 2.13. The molecule has 0 aromatic carbocycles. The third kappa shape index (κ3) is 4.23. The van der Waals surface area contributed by atoms with Crippen LogP contribution in [0.25, 0.3) is 0 Å². The van der Waals surface area contributed by atoms with Gasteiger partial charge in [0.25, 0.3) is 0 Å². The zero-order valence-electron chi connectivity index (χ0n) is 8.22. The first kappa shape index (κ1) is 10.5. The molecule has 0 aliphatic carbocycles. The molecule has 1 heterocycles. The van der Waals surface area contributed by atoms with E-state index < -0.39 is 0 Å². The van der Waals surface area contributed by atoms with Crippen molar-refractivity contribution >= 4 is 5.78 Å². The van der Waals surface area contributed by atoms with Crippen LogP contribution in [0.4, 0.5) is 0 Å². The van der Waals surface area contributed by atoms with Crippen molar-refractivity contribution in [2.45, 2.75) is 44.6 Å². The highest BCUT2D eigenvalue weighted by molar-refractivity contribution is 5.79. The molecule has 2 nitrogen and oxygen atoms in total. The van der Waals surface area contributed by atoms with Crippen molar-refractivity contribution in [3.05, 3.63) is 12.7 Å². The number of nitrogens with one attached hydrogen (secondary N) is 1. The van der Waals surface area contributed by atoms with E-state index in [1.807, 2.05) is 0 Å². The Kier molecular flexibility index (Phi) is 4.76. The number of piperidine rings is 1. The van der Waals surface area contributed by atoms with Gasteiger partial charge in [-0.1, -0.05) is 12.5 Å². The summed E-state index contributed by atoms with van der Waals surface area (Å²) in [4.78, 5) is 11.2.